The Morgan fingerprint density at radius 2 is 1.70 bits per heavy atom. The van der Waals surface area contributed by atoms with Crippen LogP contribution in [0, 0.1) is 13.8 Å². The van der Waals surface area contributed by atoms with E-state index in [4.69, 9.17) is 20.9 Å². The first-order chi connectivity index (χ1) is 13.1. The third kappa shape index (κ3) is 3.73. The number of ether oxygens (including phenoxy) is 1. The molecule has 0 N–H and O–H groups in total. The number of rotatable bonds is 5. The Morgan fingerprint density at radius 1 is 1.04 bits per heavy atom. The van der Waals surface area contributed by atoms with Crippen molar-refractivity contribution in [3.63, 3.8) is 0 Å². The Balaban J connectivity index is 1.46. The van der Waals surface area contributed by atoms with Crippen molar-refractivity contribution in [2.24, 2.45) is 0 Å². The van der Waals surface area contributed by atoms with Crippen molar-refractivity contribution < 1.29 is 9.26 Å². The van der Waals surface area contributed by atoms with E-state index in [1.807, 2.05) is 79.3 Å². The van der Waals surface area contributed by atoms with Crippen molar-refractivity contribution in [3.8, 4) is 22.8 Å². The Bertz CT molecular complexity index is 1030. The third-order valence-corrected chi connectivity index (χ3v) is 4.86. The monoisotopic (exact) mass is 379 g/mol. The largest absolute Gasteiger partial charge is 0.484 e. The van der Waals surface area contributed by atoms with E-state index in [1.165, 1.54) is 0 Å². The van der Waals surface area contributed by atoms with Crippen molar-refractivity contribution in [3.05, 3.63) is 83.0 Å². The van der Waals surface area contributed by atoms with Crippen LogP contribution in [0.5, 0.6) is 5.75 Å². The van der Waals surface area contributed by atoms with Gasteiger partial charge in [-0.2, -0.15) is 4.98 Å². The second kappa shape index (κ2) is 7.29. The van der Waals surface area contributed by atoms with Gasteiger partial charge in [0.1, 0.15) is 5.75 Å². The van der Waals surface area contributed by atoms with Gasteiger partial charge in [0.05, 0.1) is 0 Å². The van der Waals surface area contributed by atoms with Crippen LogP contribution in [-0.2, 0) is 6.61 Å². The maximum Gasteiger partial charge on any atom is 0.264 e. The van der Waals surface area contributed by atoms with Gasteiger partial charge in [0, 0.05) is 28.7 Å². The Kier molecular flexibility index (Phi) is 4.69. The molecule has 0 fully saturated rings. The quantitative estimate of drug-likeness (QED) is 0.467. The summed E-state index contributed by atoms with van der Waals surface area (Å²) in [5, 5.41) is 4.80. The summed E-state index contributed by atoms with van der Waals surface area (Å²) in [7, 11) is 0. The van der Waals surface area contributed by atoms with Crippen LogP contribution in [0.2, 0.25) is 5.02 Å². The number of benzene rings is 2. The molecule has 2 aromatic carbocycles. The summed E-state index contributed by atoms with van der Waals surface area (Å²) in [5.41, 5.74) is 3.91. The fraction of sp³-hybridized carbons (Fsp3) is 0.143. The van der Waals surface area contributed by atoms with Crippen LogP contribution in [0.1, 0.15) is 17.0 Å². The number of hydrogen-bond donors (Lipinski definition) is 0. The van der Waals surface area contributed by atoms with E-state index in [0.29, 0.717) is 11.7 Å². The predicted molar refractivity (Wildman–Crippen MR) is 104 cm³/mol. The molecule has 0 bridgehead atoms. The number of hydrogen-bond acceptors (Lipinski definition) is 4. The van der Waals surface area contributed by atoms with Crippen LogP contribution in [0.4, 0.5) is 0 Å². The molecule has 0 unspecified atom stereocenters. The summed E-state index contributed by atoms with van der Waals surface area (Å²) in [4.78, 5) is 4.41. The van der Waals surface area contributed by atoms with Crippen LogP contribution in [0.15, 0.2) is 65.4 Å². The minimum Gasteiger partial charge on any atom is -0.484 e. The van der Waals surface area contributed by atoms with Gasteiger partial charge in [-0.1, -0.05) is 16.8 Å². The second-order valence-corrected chi connectivity index (χ2v) is 6.69. The summed E-state index contributed by atoms with van der Waals surface area (Å²) in [6.45, 7) is 4.10. The first-order valence-electron chi connectivity index (χ1n) is 8.56. The minimum atomic E-state index is 0.203. The molecule has 0 aliphatic heterocycles. The summed E-state index contributed by atoms with van der Waals surface area (Å²) >= 11 is 6.18. The SMILES string of the molecule is Cc1cc(OCc2nc(-c3ccc(-n4cccc4)cc3)no2)cc(C)c1Cl. The van der Waals surface area contributed by atoms with Gasteiger partial charge in [0.25, 0.3) is 5.89 Å². The normalized spacial score (nSPS) is 10.9. The molecule has 27 heavy (non-hydrogen) atoms. The molecule has 2 heterocycles. The molecule has 0 saturated carbocycles. The minimum absolute atomic E-state index is 0.203. The summed E-state index contributed by atoms with van der Waals surface area (Å²) < 4.78 is 13.1. The lowest BCUT2D eigenvalue weighted by Gasteiger charge is -2.08. The van der Waals surface area contributed by atoms with E-state index in [1.54, 1.807) is 0 Å². The average Bonchev–Trinajstić information content (AvgIpc) is 3.36. The fourth-order valence-electron chi connectivity index (χ4n) is 2.85. The van der Waals surface area contributed by atoms with Crippen molar-refractivity contribution >= 4 is 11.6 Å². The first kappa shape index (κ1) is 17.4. The van der Waals surface area contributed by atoms with Gasteiger partial charge in [-0.15, -0.1) is 0 Å². The molecule has 0 spiro atoms. The average molecular weight is 380 g/mol. The van der Waals surface area contributed by atoms with E-state index in [0.717, 1.165) is 33.1 Å². The van der Waals surface area contributed by atoms with Gasteiger partial charge >= 0.3 is 0 Å². The van der Waals surface area contributed by atoms with E-state index >= 15 is 0 Å². The van der Waals surface area contributed by atoms with E-state index in [9.17, 15) is 0 Å². The standard InChI is InChI=1S/C21H18ClN3O2/c1-14-11-18(12-15(2)20(14)22)26-13-19-23-21(24-27-19)16-5-7-17(8-6-16)25-9-3-4-10-25/h3-12H,13H2,1-2H3. The zero-order chi connectivity index (χ0) is 18.8. The van der Waals surface area contributed by atoms with E-state index in [-0.39, 0.29) is 6.61 Å². The molecule has 0 radical (unpaired) electrons. The summed E-state index contributed by atoms with van der Waals surface area (Å²) in [5.74, 6) is 1.69. The zero-order valence-corrected chi connectivity index (χ0v) is 15.8. The third-order valence-electron chi connectivity index (χ3n) is 4.27. The maximum atomic E-state index is 6.18. The predicted octanol–water partition coefficient (Wildman–Crippen LogP) is 5.38. The highest BCUT2D eigenvalue weighted by atomic mass is 35.5. The Hall–Kier alpha value is -3.05. The molecule has 0 amide bonds. The van der Waals surface area contributed by atoms with Crippen molar-refractivity contribution in [1.29, 1.82) is 0 Å². The second-order valence-electron chi connectivity index (χ2n) is 6.31. The lowest BCUT2D eigenvalue weighted by molar-refractivity contribution is 0.242. The molecule has 4 aromatic rings. The highest BCUT2D eigenvalue weighted by Crippen LogP contribution is 2.26. The van der Waals surface area contributed by atoms with E-state index < -0.39 is 0 Å². The molecule has 0 saturated heterocycles. The fourth-order valence-corrected chi connectivity index (χ4v) is 2.96. The van der Waals surface area contributed by atoms with Crippen LogP contribution < -0.4 is 4.74 Å². The molecule has 0 aliphatic carbocycles. The van der Waals surface area contributed by atoms with Crippen molar-refractivity contribution in [1.82, 2.24) is 14.7 Å². The Labute approximate surface area is 162 Å². The molecule has 0 atom stereocenters. The number of halogens is 1. The zero-order valence-electron chi connectivity index (χ0n) is 15.0. The molecular formula is C21H18ClN3O2. The van der Waals surface area contributed by atoms with Gasteiger partial charge < -0.3 is 13.8 Å². The molecular weight excluding hydrogens is 362 g/mol. The highest BCUT2D eigenvalue weighted by molar-refractivity contribution is 6.32. The molecule has 2 aromatic heterocycles. The maximum absolute atomic E-state index is 6.18. The van der Waals surface area contributed by atoms with Gasteiger partial charge in [-0.25, -0.2) is 0 Å². The molecule has 0 aliphatic rings. The molecule has 5 nitrogen and oxygen atoms in total. The highest BCUT2D eigenvalue weighted by Gasteiger charge is 2.10. The van der Waals surface area contributed by atoms with Gasteiger partial charge in [0.15, 0.2) is 6.61 Å². The van der Waals surface area contributed by atoms with Gasteiger partial charge in [-0.05, 0) is 73.5 Å². The summed E-state index contributed by atoms with van der Waals surface area (Å²) in [6, 6.07) is 15.7. The smallest absolute Gasteiger partial charge is 0.264 e. The van der Waals surface area contributed by atoms with Gasteiger partial charge in [0.2, 0.25) is 5.82 Å². The molecule has 6 heteroatoms. The van der Waals surface area contributed by atoms with E-state index in [2.05, 4.69) is 10.1 Å². The lowest BCUT2D eigenvalue weighted by atomic mass is 10.1. The van der Waals surface area contributed by atoms with Crippen LogP contribution in [0.3, 0.4) is 0 Å². The van der Waals surface area contributed by atoms with Crippen LogP contribution in [0.25, 0.3) is 17.1 Å². The van der Waals surface area contributed by atoms with Crippen LogP contribution in [-0.4, -0.2) is 14.7 Å². The lowest BCUT2D eigenvalue weighted by Crippen LogP contribution is -1.97. The summed E-state index contributed by atoms with van der Waals surface area (Å²) in [6.07, 6.45) is 4.00. The molecule has 4 rings (SSSR count). The number of nitrogens with zero attached hydrogens (tertiary/aromatic N) is 3. The topological polar surface area (TPSA) is 53.1 Å². The van der Waals surface area contributed by atoms with Gasteiger partial charge in [-0.3, -0.25) is 0 Å². The molecule has 136 valence electrons. The first-order valence-corrected chi connectivity index (χ1v) is 8.94. The Morgan fingerprint density at radius 3 is 2.37 bits per heavy atom. The number of aromatic nitrogens is 3. The van der Waals surface area contributed by atoms with Crippen molar-refractivity contribution in [2.75, 3.05) is 0 Å². The number of aryl methyl sites for hydroxylation is 2. The van der Waals surface area contributed by atoms with Crippen LogP contribution >= 0.6 is 11.6 Å². The van der Waals surface area contributed by atoms with Crippen molar-refractivity contribution in [2.45, 2.75) is 20.5 Å².